The molecule has 0 saturated carbocycles. The summed E-state index contributed by atoms with van der Waals surface area (Å²) in [5.41, 5.74) is 0. The van der Waals surface area contributed by atoms with E-state index in [-0.39, 0.29) is 31.7 Å². The highest BCUT2D eigenvalue weighted by molar-refractivity contribution is 7.70. The Morgan fingerprint density at radius 3 is 0.771 bits per heavy atom. The summed E-state index contributed by atoms with van der Waals surface area (Å²) in [6.07, 6.45) is 15.0. The minimum absolute atomic E-state index is 0.307. The molecule has 0 bridgehead atoms. The molecular formula is C42H58N2P4. The van der Waals surface area contributed by atoms with Gasteiger partial charge in [-0.25, -0.2) is 0 Å². The van der Waals surface area contributed by atoms with Gasteiger partial charge in [-0.2, -0.15) is 0 Å². The fourth-order valence-corrected chi connectivity index (χ4v) is 19.1. The lowest BCUT2D eigenvalue weighted by Gasteiger charge is -2.40. The number of hydrogen-bond donors (Lipinski definition) is 0. The van der Waals surface area contributed by atoms with E-state index >= 15 is 0 Å². The fourth-order valence-electron chi connectivity index (χ4n) is 7.20. The van der Waals surface area contributed by atoms with E-state index < -0.39 is 0 Å². The first-order chi connectivity index (χ1) is 23.6. The summed E-state index contributed by atoms with van der Waals surface area (Å²) in [7, 11) is -1.23. The van der Waals surface area contributed by atoms with E-state index in [0.717, 1.165) is 0 Å². The van der Waals surface area contributed by atoms with Gasteiger partial charge in [-0.3, -0.25) is 9.80 Å². The van der Waals surface area contributed by atoms with E-state index in [0.29, 0.717) is 12.1 Å². The van der Waals surface area contributed by atoms with Crippen molar-refractivity contribution in [1.29, 1.82) is 0 Å². The SMILES string of the molecule is CCC(CC)N1CP(c2ccccc2)CCP(c2ccccc2)CN(C(CC)CC)CP(c2ccccc2)CCP(c2ccccc2)C1. The quantitative estimate of drug-likeness (QED) is 0.151. The van der Waals surface area contributed by atoms with E-state index in [1.807, 2.05) is 0 Å². The second kappa shape index (κ2) is 20.4. The van der Waals surface area contributed by atoms with Crippen LogP contribution in [0, 0.1) is 0 Å². The minimum atomic E-state index is -0.307. The molecule has 0 aliphatic carbocycles. The largest absolute Gasteiger partial charge is 0.292 e. The first kappa shape index (κ1) is 37.8. The lowest BCUT2D eigenvalue weighted by atomic mass is 10.1. The van der Waals surface area contributed by atoms with Crippen LogP contribution in [0.5, 0.6) is 0 Å². The maximum atomic E-state index is 2.98. The van der Waals surface area contributed by atoms with Crippen LogP contribution in [0.2, 0.25) is 0 Å². The van der Waals surface area contributed by atoms with Gasteiger partial charge in [0.05, 0.1) is 0 Å². The van der Waals surface area contributed by atoms with Crippen molar-refractivity contribution in [3.63, 3.8) is 0 Å². The molecule has 0 aromatic heterocycles. The Balaban J connectivity index is 1.59. The average molecular weight is 715 g/mol. The molecule has 6 heteroatoms. The predicted octanol–water partition coefficient (Wildman–Crippen LogP) is 10.0. The molecule has 0 spiro atoms. The minimum Gasteiger partial charge on any atom is -0.292 e. The normalized spacial score (nSPS) is 22.5. The zero-order valence-corrected chi connectivity index (χ0v) is 33.4. The van der Waals surface area contributed by atoms with Crippen LogP contribution in [0.15, 0.2) is 121 Å². The molecule has 4 aromatic rings. The maximum absolute atomic E-state index is 2.98. The van der Waals surface area contributed by atoms with Crippen molar-refractivity contribution < 1.29 is 0 Å². The highest BCUT2D eigenvalue weighted by Crippen LogP contribution is 2.49. The Kier molecular flexibility index (Phi) is 16.0. The molecule has 4 aromatic carbocycles. The van der Waals surface area contributed by atoms with Crippen LogP contribution in [0.4, 0.5) is 0 Å². The van der Waals surface area contributed by atoms with Gasteiger partial charge in [0, 0.05) is 37.2 Å². The third-order valence-corrected chi connectivity index (χ3v) is 20.8. The van der Waals surface area contributed by atoms with Crippen LogP contribution in [0.3, 0.4) is 0 Å². The standard InChI is InChI=1S/C42H58N2P4/c1-5-37(6-2)43-33-45(39-21-13-9-14-22-39)29-31-47(41-25-17-11-18-26-41)35-44(38(7-3)8-4)36-48(42-27-19-12-20-28-42)32-30-46(34-43)40-23-15-10-16-24-40/h9-28,37-38H,5-8,29-36H2,1-4H3. The van der Waals surface area contributed by atoms with Crippen LogP contribution < -0.4 is 21.2 Å². The van der Waals surface area contributed by atoms with Crippen molar-refractivity contribution in [2.24, 2.45) is 0 Å². The molecule has 5 rings (SSSR count). The highest BCUT2D eigenvalue weighted by atomic mass is 31.1. The number of benzene rings is 4. The summed E-state index contributed by atoms with van der Waals surface area (Å²) in [4.78, 5) is 5.96. The molecule has 1 fully saturated rings. The summed E-state index contributed by atoms with van der Waals surface area (Å²) in [5.74, 6) is 0. The van der Waals surface area contributed by atoms with Crippen LogP contribution in [0.1, 0.15) is 53.4 Å². The van der Waals surface area contributed by atoms with Gasteiger partial charge in [0.1, 0.15) is 0 Å². The number of rotatable bonds is 10. The van der Waals surface area contributed by atoms with Crippen LogP contribution in [-0.2, 0) is 0 Å². The smallest absolute Gasteiger partial charge is 0.0231 e. The van der Waals surface area contributed by atoms with Gasteiger partial charge in [0.25, 0.3) is 0 Å². The molecule has 1 aliphatic rings. The topological polar surface area (TPSA) is 6.48 Å². The van der Waals surface area contributed by atoms with E-state index in [9.17, 15) is 0 Å². The summed E-state index contributed by atoms with van der Waals surface area (Å²) in [6.45, 7) is 9.69. The van der Waals surface area contributed by atoms with Crippen LogP contribution >= 0.6 is 31.7 Å². The molecule has 0 amide bonds. The van der Waals surface area contributed by atoms with Gasteiger partial charge >= 0.3 is 0 Å². The van der Waals surface area contributed by atoms with Crippen LogP contribution in [0.25, 0.3) is 0 Å². The molecule has 48 heavy (non-hydrogen) atoms. The fraction of sp³-hybridized carbons (Fsp3) is 0.429. The second-order valence-electron chi connectivity index (χ2n) is 13.1. The molecular weight excluding hydrogens is 656 g/mol. The molecule has 1 heterocycles. The third kappa shape index (κ3) is 10.8. The van der Waals surface area contributed by atoms with Crippen molar-refractivity contribution in [3.05, 3.63) is 121 Å². The molecule has 256 valence electrons. The summed E-state index contributed by atoms with van der Waals surface area (Å²) < 4.78 is 0. The maximum Gasteiger partial charge on any atom is 0.0231 e. The zero-order valence-electron chi connectivity index (χ0n) is 29.9. The van der Waals surface area contributed by atoms with E-state index in [4.69, 9.17) is 0 Å². The Morgan fingerprint density at radius 2 is 0.583 bits per heavy atom. The molecule has 0 N–H and O–H groups in total. The molecule has 4 unspecified atom stereocenters. The average Bonchev–Trinajstić information content (AvgIpc) is 3.15. The first-order valence-corrected chi connectivity index (χ1v) is 25.2. The van der Waals surface area contributed by atoms with Crippen molar-refractivity contribution in [2.75, 3.05) is 49.8 Å². The lowest BCUT2D eigenvalue weighted by Crippen LogP contribution is -2.39. The number of nitrogens with zero attached hydrogens (tertiary/aromatic N) is 2. The lowest BCUT2D eigenvalue weighted by molar-refractivity contribution is 0.252. The van der Waals surface area contributed by atoms with E-state index in [1.165, 1.54) is 75.5 Å². The predicted molar refractivity (Wildman–Crippen MR) is 223 cm³/mol. The second-order valence-corrected chi connectivity index (χ2v) is 22.4. The van der Waals surface area contributed by atoms with Crippen molar-refractivity contribution in [3.8, 4) is 0 Å². The van der Waals surface area contributed by atoms with Crippen molar-refractivity contribution in [1.82, 2.24) is 9.80 Å². The first-order valence-electron chi connectivity index (χ1n) is 18.3. The Morgan fingerprint density at radius 1 is 0.375 bits per heavy atom. The Bertz CT molecular complexity index is 1210. The van der Waals surface area contributed by atoms with Crippen molar-refractivity contribution in [2.45, 2.75) is 65.5 Å². The highest BCUT2D eigenvalue weighted by Gasteiger charge is 2.30. The molecule has 1 aliphatic heterocycles. The van der Waals surface area contributed by atoms with Crippen molar-refractivity contribution >= 4 is 52.9 Å². The Hall–Kier alpha value is -1.48. The molecule has 1 saturated heterocycles. The molecule has 0 radical (unpaired) electrons. The molecule has 2 nitrogen and oxygen atoms in total. The van der Waals surface area contributed by atoms with Gasteiger partial charge in [0.2, 0.25) is 0 Å². The number of hydrogen-bond acceptors (Lipinski definition) is 2. The van der Waals surface area contributed by atoms with E-state index in [2.05, 4.69) is 159 Å². The van der Waals surface area contributed by atoms with Gasteiger partial charge in [-0.1, -0.05) is 181 Å². The third-order valence-electron chi connectivity index (χ3n) is 10.1. The summed E-state index contributed by atoms with van der Waals surface area (Å²) >= 11 is 0. The summed E-state index contributed by atoms with van der Waals surface area (Å²) in [5, 5.41) is 6.36. The van der Waals surface area contributed by atoms with Gasteiger partial charge in [0.15, 0.2) is 0 Å². The van der Waals surface area contributed by atoms with Gasteiger partial charge in [-0.05, 0) is 71.5 Å². The molecule has 4 atom stereocenters. The van der Waals surface area contributed by atoms with Gasteiger partial charge < -0.3 is 0 Å². The summed E-state index contributed by atoms with van der Waals surface area (Å²) in [6, 6.07) is 47.8. The monoisotopic (exact) mass is 714 g/mol. The van der Waals surface area contributed by atoms with E-state index in [1.54, 1.807) is 21.2 Å². The Labute approximate surface area is 298 Å². The van der Waals surface area contributed by atoms with Crippen LogP contribution in [-0.4, -0.2) is 71.7 Å². The zero-order chi connectivity index (χ0) is 33.6. The van der Waals surface area contributed by atoms with Gasteiger partial charge in [-0.15, -0.1) is 0 Å².